The van der Waals surface area contributed by atoms with E-state index in [2.05, 4.69) is 20.0 Å². The van der Waals surface area contributed by atoms with Crippen LogP contribution in [0.5, 0.6) is 0 Å². The third-order valence-corrected chi connectivity index (χ3v) is 2.29. The third kappa shape index (κ3) is 4.57. The van der Waals surface area contributed by atoms with Crippen LogP contribution in [0.3, 0.4) is 0 Å². The molecule has 0 saturated carbocycles. The lowest BCUT2D eigenvalue weighted by atomic mass is 10.5. The van der Waals surface area contributed by atoms with Crippen molar-refractivity contribution in [3.63, 3.8) is 0 Å². The number of aromatic nitrogens is 3. The zero-order valence-corrected chi connectivity index (χ0v) is 12.0. The molecule has 0 aliphatic heterocycles. The standard InChI is InChI=1S/C11H20N6O2/c1-15(2)11(16(3)4)12-6-9-7-17(14-13-9)8-10(18)19-5/h7H,6,8H2,1-5H3. The molecule has 0 radical (unpaired) electrons. The summed E-state index contributed by atoms with van der Waals surface area (Å²) in [7, 11) is 9.03. The molecule has 0 saturated heterocycles. The van der Waals surface area contributed by atoms with E-state index in [1.54, 1.807) is 6.20 Å². The second-order valence-electron chi connectivity index (χ2n) is 4.39. The Morgan fingerprint density at radius 1 is 1.37 bits per heavy atom. The number of hydrogen-bond donors (Lipinski definition) is 0. The van der Waals surface area contributed by atoms with Crippen molar-refractivity contribution < 1.29 is 9.53 Å². The van der Waals surface area contributed by atoms with Crippen molar-refractivity contribution in [1.82, 2.24) is 24.8 Å². The minimum Gasteiger partial charge on any atom is -0.468 e. The van der Waals surface area contributed by atoms with Gasteiger partial charge in [0.1, 0.15) is 12.2 Å². The van der Waals surface area contributed by atoms with Gasteiger partial charge in [-0.1, -0.05) is 5.21 Å². The third-order valence-electron chi connectivity index (χ3n) is 2.29. The Bertz CT molecular complexity index is 442. The first-order valence-electron chi connectivity index (χ1n) is 5.79. The molecule has 19 heavy (non-hydrogen) atoms. The molecule has 0 N–H and O–H groups in total. The van der Waals surface area contributed by atoms with Gasteiger partial charge in [0.05, 0.1) is 19.9 Å². The van der Waals surface area contributed by atoms with Crippen LogP contribution in [0.1, 0.15) is 5.69 Å². The first-order valence-corrected chi connectivity index (χ1v) is 5.79. The molecule has 0 aromatic carbocycles. The maximum Gasteiger partial charge on any atom is 0.327 e. The minimum absolute atomic E-state index is 0.0570. The number of esters is 1. The van der Waals surface area contributed by atoms with Crippen LogP contribution in [0.4, 0.5) is 0 Å². The summed E-state index contributed by atoms with van der Waals surface area (Å²) in [5, 5.41) is 7.80. The van der Waals surface area contributed by atoms with E-state index in [-0.39, 0.29) is 12.5 Å². The lowest BCUT2D eigenvalue weighted by Gasteiger charge is -2.22. The molecule has 0 amide bonds. The number of ether oxygens (including phenoxy) is 1. The molecule has 0 fully saturated rings. The van der Waals surface area contributed by atoms with Crippen LogP contribution < -0.4 is 0 Å². The molecule has 0 spiro atoms. The van der Waals surface area contributed by atoms with Gasteiger partial charge in [-0.3, -0.25) is 4.79 Å². The molecular formula is C11H20N6O2. The van der Waals surface area contributed by atoms with Crippen molar-refractivity contribution in [3.8, 4) is 0 Å². The number of aliphatic imine (C=N–C) groups is 1. The predicted octanol–water partition coefficient (Wildman–Crippen LogP) is -0.570. The second kappa shape index (κ2) is 6.72. The van der Waals surface area contributed by atoms with E-state index < -0.39 is 0 Å². The number of nitrogens with zero attached hydrogens (tertiary/aromatic N) is 6. The van der Waals surface area contributed by atoms with Crippen LogP contribution in [0, 0.1) is 0 Å². The lowest BCUT2D eigenvalue weighted by molar-refractivity contribution is -0.141. The Kier molecular flexibility index (Phi) is 5.28. The fraction of sp³-hybridized carbons (Fsp3) is 0.636. The Morgan fingerprint density at radius 2 is 2.00 bits per heavy atom. The highest BCUT2D eigenvalue weighted by Crippen LogP contribution is 1.99. The molecule has 8 nitrogen and oxygen atoms in total. The van der Waals surface area contributed by atoms with E-state index in [0.717, 1.165) is 5.96 Å². The van der Waals surface area contributed by atoms with Crippen LogP contribution in [0.25, 0.3) is 0 Å². The highest BCUT2D eigenvalue weighted by atomic mass is 16.5. The molecular weight excluding hydrogens is 248 g/mol. The van der Waals surface area contributed by atoms with E-state index in [4.69, 9.17) is 0 Å². The zero-order chi connectivity index (χ0) is 14.4. The average molecular weight is 268 g/mol. The predicted molar refractivity (Wildman–Crippen MR) is 70.6 cm³/mol. The van der Waals surface area contributed by atoms with Gasteiger partial charge in [0.15, 0.2) is 5.96 Å². The van der Waals surface area contributed by atoms with Crippen LogP contribution in [-0.4, -0.2) is 72.0 Å². The highest BCUT2D eigenvalue weighted by molar-refractivity contribution is 5.79. The van der Waals surface area contributed by atoms with Crippen molar-refractivity contribution in [2.45, 2.75) is 13.1 Å². The van der Waals surface area contributed by atoms with E-state index in [9.17, 15) is 4.79 Å². The largest absolute Gasteiger partial charge is 0.468 e. The van der Waals surface area contributed by atoms with Gasteiger partial charge in [0.25, 0.3) is 0 Å². The van der Waals surface area contributed by atoms with Gasteiger partial charge < -0.3 is 14.5 Å². The molecule has 8 heteroatoms. The second-order valence-corrected chi connectivity index (χ2v) is 4.39. The summed E-state index contributed by atoms with van der Waals surface area (Å²) in [6, 6.07) is 0. The Hall–Kier alpha value is -2.12. The van der Waals surface area contributed by atoms with Gasteiger partial charge >= 0.3 is 5.97 Å². The number of carbonyl (C=O) groups is 1. The number of rotatable bonds is 4. The molecule has 1 aromatic heterocycles. The molecule has 1 rings (SSSR count). The van der Waals surface area contributed by atoms with E-state index in [1.165, 1.54) is 11.8 Å². The molecule has 0 unspecified atom stereocenters. The average Bonchev–Trinajstić information content (AvgIpc) is 2.76. The van der Waals surface area contributed by atoms with Crippen molar-refractivity contribution in [2.75, 3.05) is 35.3 Å². The Morgan fingerprint density at radius 3 is 2.53 bits per heavy atom. The first kappa shape index (κ1) is 14.9. The SMILES string of the molecule is COC(=O)Cn1cc(CN=C(N(C)C)N(C)C)nn1. The number of hydrogen-bond acceptors (Lipinski definition) is 5. The highest BCUT2D eigenvalue weighted by Gasteiger charge is 2.07. The van der Waals surface area contributed by atoms with Gasteiger partial charge in [0, 0.05) is 28.2 Å². The van der Waals surface area contributed by atoms with Crippen LogP contribution >= 0.6 is 0 Å². The molecule has 0 aliphatic rings. The quantitative estimate of drug-likeness (QED) is 0.413. The van der Waals surface area contributed by atoms with Gasteiger partial charge in [-0.15, -0.1) is 5.10 Å². The van der Waals surface area contributed by atoms with Crippen molar-refractivity contribution >= 4 is 11.9 Å². The van der Waals surface area contributed by atoms with Crippen molar-refractivity contribution in [3.05, 3.63) is 11.9 Å². The first-order chi connectivity index (χ1) is 8.93. The molecule has 0 bridgehead atoms. The topological polar surface area (TPSA) is 75.9 Å². The summed E-state index contributed by atoms with van der Waals surface area (Å²) in [6.45, 7) is 0.467. The summed E-state index contributed by atoms with van der Waals surface area (Å²) in [4.78, 5) is 19.4. The Labute approximate surface area is 112 Å². The fourth-order valence-corrected chi connectivity index (χ4v) is 1.52. The summed E-state index contributed by atoms with van der Waals surface area (Å²) in [6.07, 6.45) is 1.68. The summed E-state index contributed by atoms with van der Waals surface area (Å²) >= 11 is 0. The monoisotopic (exact) mass is 268 g/mol. The van der Waals surface area contributed by atoms with Gasteiger partial charge in [-0.05, 0) is 0 Å². The van der Waals surface area contributed by atoms with Crippen LogP contribution in [0.2, 0.25) is 0 Å². The fourth-order valence-electron chi connectivity index (χ4n) is 1.52. The normalized spacial score (nSPS) is 9.95. The van der Waals surface area contributed by atoms with Crippen molar-refractivity contribution in [1.29, 1.82) is 0 Å². The van der Waals surface area contributed by atoms with E-state index in [1.807, 2.05) is 38.0 Å². The van der Waals surface area contributed by atoms with Gasteiger partial charge in [-0.25, -0.2) is 9.67 Å². The molecule has 0 atom stereocenters. The molecule has 1 aromatic rings. The molecule has 0 aliphatic carbocycles. The molecule has 106 valence electrons. The molecule has 1 heterocycles. The number of carbonyl (C=O) groups excluding carboxylic acids is 1. The maximum atomic E-state index is 11.1. The zero-order valence-electron chi connectivity index (χ0n) is 12.0. The van der Waals surface area contributed by atoms with E-state index in [0.29, 0.717) is 12.2 Å². The van der Waals surface area contributed by atoms with Crippen LogP contribution in [-0.2, 0) is 22.6 Å². The van der Waals surface area contributed by atoms with E-state index >= 15 is 0 Å². The lowest BCUT2D eigenvalue weighted by Crippen LogP contribution is -2.35. The number of guanidine groups is 1. The summed E-state index contributed by atoms with van der Waals surface area (Å²) in [5.74, 6) is 0.477. The smallest absolute Gasteiger partial charge is 0.327 e. The Balaban J connectivity index is 2.68. The summed E-state index contributed by atoms with van der Waals surface area (Å²) in [5.41, 5.74) is 0.699. The minimum atomic E-state index is -0.359. The van der Waals surface area contributed by atoms with Gasteiger partial charge in [-0.2, -0.15) is 0 Å². The summed E-state index contributed by atoms with van der Waals surface area (Å²) < 4.78 is 5.99. The maximum absolute atomic E-state index is 11.1. The van der Waals surface area contributed by atoms with Gasteiger partial charge in [0.2, 0.25) is 0 Å². The number of methoxy groups -OCH3 is 1. The van der Waals surface area contributed by atoms with Crippen LogP contribution in [0.15, 0.2) is 11.2 Å². The van der Waals surface area contributed by atoms with Crippen molar-refractivity contribution in [2.24, 2.45) is 4.99 Å².